The maximum atomic E-state index is 12.2. The smallest absolute Gasteiger partial charge is 0.310 e. The van der Waals surface area contributed by atoms with E-state index in [1.165, 1.54) is 0 Å². The van der Waals surface area contributed by atoms with Gasteiger partial charge in [-0.05, 0) is 31.0 Å². The number of amides is 1. The van der Waals surface area contributed by atoms with Gasteiger partial charge in [0.15, 0.2) is 18.1 Å². The van der Waals surface area contributed by atoms with Gasteiger partial charge in [0.25, 0.3) is 5.91 Å². The summed E-state index contributed by atoms with van der Waals surface area (Å²) < 4.78 is 21.6. The lowest BCUT2D eigenvalue weighted by atomic mass is 10.1. The van der Waals surface area contributed by atoms with Crippen LogP contribution in [-0.2, 0) is 25.5 Å². The molecule has 0 bridgehead atoms. The molecule has 1 aliphatic rings. The Morgan fingerprint density at radius 2 is 1.88 bits per heavy atom. The van der Waals surface area contributed by atoms with Crippen molar-refractivity contribution in [3.05, 3.63) is 23.8 Å². The predicted molar refractivity (Wildman–Crippen MR) is 95.5 cm³/mol. The molecule has 7 heteroatoms. The first-order chi connectivity index (χ1) is 12.6. The van der Waals surface area contributed by atoms with Gasteiger partial charge in [-0.3, -0.25) is 9.59 Å². The first kappa shape index (κ1) is 20.0. The molecule has 26 heavy (non-hydrogen) atoms. The number of carbonyl (C=O) groups excluding carboxylic acids is 2. The molecule has 1 aliphatic heterocycles. The van der Waals surface area contributed by atoms with Crippen molar-refractivity contribution >= 4 is 11.9 Å². The highest BCUT2D eigenvalue weighted by atomic mass is 16.5. The fourth-order valence-corrected chi connectivity index (χ4v) is 2.53. The molecule has 1 aromatic carbocycles. The minimum Gasteiger partial charge on any atom is -0.490 e. The molecule has 144 valence electrons. The van der Waals surface area contributed by atoms with E-state index in [4.69, 9.17) is 18.9 Å². The highest BCUT2D eigenvalue weighted by Gasteiger charge is 2.18. The molecule has 0 N–H and O–H groups in total. The van der Waals surface area contributed by atoms with Crippen LogP contribution < -0.4 is 9.47 Å². The summed E-state index contributed by atoms with van der Waals surface area (Å²) in [4.78, 5) is 25.7. The molecule has 0 aliphatic carbocycles. The number of morpholine rings is 1. The van der Waals surface area contributed by atoms with Crippen molar-refractivity contribution < 1.29 is 28.5 Å². The summed E-state index contributed by atoms with van der Waals surface area (Å²) in [5.41, 5.74) is 0.779. The van der Waals surface area contributed by atoms with Crippen molar-refractivity contribution in [3.63, 3.8) is 0 Å². The van der Waals surface area contributed by atoms with E-state index in [1.54, 1.807) is 23.1 Å². The van der Waals surface area contributed by atoms with E-state index in [9.17, 15) is 9.59 Å². The molecule has 1 saturated heterocycles. The van der Waals surface area contributed by atoms with Gasteiger partial charge in [0.1, 0.15) is 0 Å². The number of nitrogens with zero attached hydrogens (tertiary/aromatic N) is 1. The summed E-state index contributed by atoms with van der Waals surface area (Å²) in [6, 6.07) is 5.26. The van der Waals surface area contributed by atoms with Gasteiger partial charge in [-0.2, -0.15) is 0 Å². The first-order valence-electron chi connectivity index (χ1n) is 9.03. The number of rotatable bonds is 9. The molecule has 1 heterocycles. The number of ether oxygens (including phenoxy) is 4. The Morgan fingerprint density at radius 1 is 1.12 bits per heavy atom. The van der Waals surface area contributed by atoms with Crippen molar-refractivity contribution in [1.29, 1.82) is 0 Å². The Hall–Kier alpha value is -2.28. The molecule has 0 spiro atoms. The highest BCUT2D eigenvalue weighted by Crippen LogP contribution is 2.29. The predicted octanol–water partition coefficient (Wildman–Crippen LogP) is 1.82. The molecule has 1 amide bonds. The Kier molecular flexibility index (Phi) is 8.21. The van der Waals surface area contributed by atoms with Gasteiger partial charge in [-0.15, -0.1) is 0 Å². The van der Waals surface area contributed by atoms with E-state index >= 15 is 0 Å². The zero-order valence-electron chi connectivity index (χ0n) is 15.5. The maximum absolute atomic E-state index is 12.2. The van der Waals surface area contributed by atoms with E-state index in [0.29, 0.717) is 51.0 Å². The van der Waals surface area contributed by atoms with Gasteiger partial charge in [-0.25, -0.2) is 0 Å². The van der Waals surface area contributed by atoms with Gasteiger partial charge in [0.2, 0.25) is 0 Å². The average molecular weight is 365 g/mol. The van der Waals surface area contributed by atoms with Crippen LogP contribution in [0.1, 0.15) is 25.8 Å². The third-order valence-electron chi connectivity index (χ3n) is 3.84. The normalized spacial score (nSPS) is 14.0. The summed E-state index contributed by atoms with van der Waals surface area (Å²) in [5, 5.41) is 0. The second-order valence-electron chi connectivity index (χ2n) is 5.89. The number of carbonyl (C=O) groups is 2. The second-order valence-corrected chi connectivity index (χ2v) is 5.89. The van der Waals surface area contributed by atoms with Crippen molar-refractivity contribution in [2.75, 3.05) is 46.1 Å². The fraction of sp³-hybridized carbons (Fsp3) is 0.579. The van der Waals surface area contributed by atoms with Gasteiger partial charge >= 0.3 is 5.97 Å². The van der Waals surface area contributed by atoms with E-state index in [1.807, 2.05) is 13.8 Å². The molecule has 1 aromatic rings. The van der Waals surface area contributed by atoms with Crippen molar-refractivity contribution in [3.8, 4) is 11.5 Å². The van der Waals surface area contributed by atoms with Gasteiger partial charge < -0.3 is 23.8 Å². The van der Waals surface area contributed by atoms with Gasteiger partial charge in [0, 0.05) is 13.1 Å². The summed E-state index contributed by atoms with van der Waals surface area (Å²) in [6.45, 7) is 6.91. The molecule has 0 saturated carbocycles. The van der Waals surface area contributed by atoms with E-state index in [0.717, 1.165) is 12.0 Å². The largest absolute Gasteiger partial charge is 0.490 e. The van der Waals surface area contributed by atoms with Crippen molar-refractivity contribution in [2.24, 2.45) is 0 Å². The molecule has 7 nitrogen and oxygen atoms in total. The molecular weight excluding hydrogens is 338 g/mol. The third-order valence-corrected chi connectivity index (χ3v) is 3.84. The minimum atomic E-state index is -0.273. The summed E-state index contributed by atoms with van der Waals surface area (Å²) in [6.07, 6.45) is 0.965. The molecule has 0 radical (unpaired) electrons. The molecule has 1 fully saturated rings. The number of hydrogen-bond donors (Lipinski definition) is 0. The number of esters is 1. The van der Waals surface area contributed by atoms with Crippen LogP contribution in [0, 0.1) is 0 Å². The Morgan fingerprint density at radius 3 is 2.58 bits per heavy atom. The minimum absolute atomic E-state index is 0.0576. The zero-order chi connectivity index (χ0) is 18.8. The Balaban J connectivity index is 1.96. The van der Waals surface area contributed by atoms with Crippen molar-refractivity contribution in [2.45, 2.75) is 26.7 Å². The average Bonchev–Trinajstić information content (AvgIpc) is 2.66. The SMILES string of the molecule is CCCOC(=O)Cc1ccc(OCC(=O)N2CCOCC2)c(OCC)c1. The Bertz CT molecular complexity index is 598. The van der Waals surface area contributed by atoms with E-state index < -0.39 is 0 Å². The standard InChI is InChI=1S/C19H27NO6/c1-3-9-25-19(22)13-15-5-6-16(17(12-15)24-4-2)26-14-18(21)20-7-10-23-11-8-20/h5-6,12H,3-4,7-11,13-14H2,1-2H3. The number of hydrogen-bond acceptors (Lipinski definition) is 6. The van der Waals surface area contributed by atoms with Gasteiger partial charge in [0.05, 0.1) is 32.8 Å². The molecule has 2 rings (SSSR count). The lowest BCUT2D eigenvalue weighted by Gasteiger charge is -2.26. The van der Waals surface area contributed by atoms with Crippen LogP contribution in [0.15, 0.2) is 18.2 Å². The monoisotopic (exact) mass is 365 g/mol. The summed E-state index contributed by atoms with van der Waals surface area (Å²) >= 11 is 0. The van der Waals surface area contributed by atoms with Crippen LogP contribution in [0.25, 0.3) is 0 Å². The third kappa shape index (κ3) is 6.22. The van der Waals surface area contributed by atoms with Crippen LogP contribution in [0.4, 0.5) is 0 Å². The summed E-state index contributed by atoms with van der Waals surface area (Å²) in [5.74, 6) is 0.649. The quantitative estimate of drug-likeness (QED) is 0.622. The van der Waals surface area contributed by atoms with Gasteiger partial charge in [-0.1, -0.05) is 13.0 Å². The first-order valence-corrected chi connectivity index (χ1v) is 9.03. The molecule has 0 atom stereocenters. The van der Waals surface area contributed by atoms with Crippen LogP contribution in [0.5, 0.6) is 11.5 Å². The second kappa shape index (κ2) is 10.7. The number of benzene rings is 1. The highest BCUT2D eigenvalue weighted by molar-refractivity contribution is 5.78. The van der Waals surface area contributed by atoms with Crippen molar-refractivity contribution in [1.82, 2.24) is 4.90 Å². The maximum Gasteiger partial charge on any atom is 0.310 e. The van der Waals surface area contributed by atoms with Crippen LogP contribution in [0.2, 0.25) is 0 Å². The summed E-state index contributed by atoms with van der Waals surface area (Å²) in [7, 11) is 0. The fourth-order valence-electron chi connectivity index (χ4n) is 2.53. The van der Waals surface area contributed by atoms with E-state index in [2.05, 4.69) is 0 Å². The molecule has 0 aromatic heterocycles. The van der Waals surface area contributed by atoms with Crippen LogP contribution in [0.3, 0.4) is 0 Å². The topological polar surface area (TPSA) is 74.3 Å². The zero-order valence-corrected chi connectivity index (χ0v) is 15.5. The molecule has 0 unspecified atom stereocenters. The Labute approximate surface area is 154 Å². The van der Waals surface area contributed by atoms with E-state index in [-0.39, 0.29) is 24.9 Å². The lowest BCUT2D eigenvalue weighted by Crippen LogP contribution is -2.43. The molecular formula is C19H27NO6. The van der Waals surface area contributed by atoms with Crippen LogP contribution >= 0.6 is 0 Å². The lowest BCUT2D eigenvalue weighted by molar-refractivity contribution is -0.142. The van der Waals surface area contributed by atoms with Crippen LogP contribution in [-0.4, -0.2) is 62.9 Å².